The van der Waals surface area contributed by atoms with Gasteiger partial charge >= 0.3 is 0 Å². The van der Waals surface area contributed by atoms with E-state index in [0.29, 0.717) is 18.8 Å². The minimum atomic E-state index is -1.89. The Hall–Kier alpha value is -4.34. The molecule has 0 saturated carbocycles. The summed E-state index contributed by atoms with van der Waals surface area (Å²) < 4.78 is 38.4. The SMILES string of the molecule is COc1ccc(CO[C@@H]2[C@@H](OCc3ccccc3)[C@H](OCc3ccccc3)[C@@H](COCc3ccccc3)O[C@]2(O)c2ccccc2)cc1. The van der Waals surface area contributed by atoms with Gasteiger partial charge in [0.05, 0.1) is 40.1 Å². The second kappa shape index (κ2) is 16.7. The fourth-order valence-electron chi connectivity index (χ4n) is 5.91. The summed E-state index contributed by atoms with van der Waals surface area (Å²) in [7, 11) is 1.63. The molecule has 248 valence electrons. The molecule has 7 heteroatoms. The van der Waals surface area contributed by atoms with Crippen LogP contribution in [-0.4, -0.2) is 43.2 Å². The number of aliphatic hydroxyl groups is 1. The van der Waals surface area contributed by atoms with Crippen molar-refractivity contribution in [3.8, 4) is 5.75 Å². The summed E-state index contributed by atoms with van der Waals surface area (Å²) in [5.74, 6) is -1.14. The van der Waals surface area contributed by atoms with E-state index in [1.165, 1.54) is 0 Å². The summed E-state index contributed by atoms with van der Waals surface area (Å²) in [4.78, 5) is 0. The van der Waals surface area contributed by atoms with E-state index in [9.17, 15) is 5.11 Å². The fraction of sp³-hybridized carbons (Fsp3) is 0.268. The van der Waals surface area contributed by atoms with Crippen molar-refractivity contribution in [2.75, 3.05) is 13.7 Å². The lowest BCUT2D eigenvalue weighted by atomic mass is 9.87. The number of hydrogen-bond donors (Lipinski definition) is 1. The largest absolute Gasteiger partial charge is 0.497 e. The first-order valence-electron chi connectivity index (χ1n) is 16.3. The van der Waals surface area contributed by atoms with Gasteiger partial charge in [-0.2, -0.15) is 0 Å². The van der Waals surface area contributed by atoms with Crippen molar-refractivity contribution in [2.24, 2.45) is 0 Å². The van der Waals surface area contributed by atoms with Crippen molar-refractivity contribution in [1.82, 2.24) is 0 Å². The fourth-order valence-corrected chi connectivity index (χ4v) is 5.91. The van der Waals surface area contributed by atoms with Crippen LogP contribution >= 0.6 is 0 Å². The predicted molar refractivity (Wildman–Crippen MR) is 183 cm³/mol. The average molecular weight is 647 g/mol. The van der Waals surface area contributed by atoms with E-state index in [-0.39, 0.29) is 19.8 Å². The Kier molecular flexibility index (Phi) is 11.6. The molecular weight excluding hydrogens is 604 g/mol. The summed E-state index contributed by atoms with van der Waals surface area (Å²) in [6.45, 7) is 1.31. The maximum absolute atomic E-state index is 12.7. The van der Waals surface area contributed by atoms with Gasteiger partial charge in [0.2, 0.25) is 5.79 Å². The number of methoxy groups -OCH3 is 1. The molecular formula is C41H42O7. The Bertz CT molecular complexity index is 1640. The molecule has 6 rings (SSSR count). The third-order valence-electron chi connectivity index (χ3n) is 8.45. The molecule has 7 nitrogen and oxygen atoms in total. The molecule has 0 unspecified atom stereocenters. The normalized spacial score (nSPS) is 22.3. The van der Waals surface area contributed by atoms with Crippen LogP contribution in [0.25, 0.3) is 0 Å². The van der Waals surface area contributed by atoms with Crippen molar-refractivity contribution in [1.29, 1.82) is 0 Å². The van der Waals surface area contributed by atoms with Gasteiger partial charge in [0.25, 0.3) is 0 Å². The molecule has 1 aliphatic heterocycles. The van der Waals surface area contributed by atoms with E-state index < -0.39 is 30.2 Å². The van der Waals surface area contributed by atoms with Gasteiger partial charge in [-0.3, -0.25) is 0 Å². The Morgan fingerprint density at radius 2 is 1.00 bits per heavy atom. The molecule has 0 radical (unpaired) electrons. The second-order valence-electron chi connectivity index (χ2n) is 11.8. The van der Waals surface area contributed by atoms with Crippen LogP contribution in [0.4, 0.5) is 0 Å². The van der Waals surface area contributed by atoms with Crippen LogP contribution in [0.3, 0.4) is 0 Å². The average Bonchev–Trinajstić information content (AvgIpc) is 3.15. The number of ether oxygens (including phenoxy) is 6. The summed E-state index contributed by atoms with van der Waals surface area (Å²) >= 11 is 0. The van der Waals surface area contributed by atoms with E-state index in [1.807, 2.05) is 146 Å². The monoisotopic (exact) mass is 646 g/mol. The van der Waals surface area contributed by atoms with Crippen LogP contribution in [0.2, 0.25) is 0 Å². The van der Waals surface area contributed by atoms with Gasteiger partial charge < -0.3 is 33.5 Å². The van der Waals surface area contributed by atoms with Crippen LogP contribution in [0.5, 0.6) is 5.75 Å². The first-order valence-corrected chi connectivity index (χ1v) is 16.3. The van der Waals surface area contributed by atoms with E-state index in [1.54, 1.807) is 7.11 Å². The molecule has 0 amide bonds. The van der Waals surface area contributed by atoms with E-state index in [4.69, 9.17) is 28.4 Å². The molecule has 48 heavy (non-hydrogen) atoms. The third-order valence-corrected chi connectivity index (χ3v) is 8.45. The van der Waals surface area contributed by atoms with Gasteiger partial charge in [0.1, 0.15) is 30.2 Å². The van der Waals surface area contributed by atoms with Gasteiger partial charge in [-0.15, -0.1) is 0 Å². The predicted octanol–water partition coefficient (Wildman–Crippen LogP) is 7.21. The van der Waals surface area contributed by atoms with E-state index >= 15 is 0 Å². The Labute approximate surface area is 282 Å². The third kappa shape index (κ3) is 8.57. The molecule has 1 saturated heterocycles. The minimum absolute atomic E-state index is 0.153. The highest BCUT2D eigenvalue weighted by Crippen LogP contribution is 2.41. The molecule has 0 aliphatic carbocycles. The molecule has 1 heterocycles. The molecule has 5 atom stereocenters. The molecule has 0 bridgehead atoms. The lowest BCUT2D eigenvalue weighted by Crippen LogP contribution is -2.65. The van der Waals surface area contributed by atoms with Crippen molar-refractivity contribution in [2.45, 2.75) is 56.6 Å². The van der Waals surface area contributed by atoms with Crippen LogP contribution in [0.15, 0.2) is 146 Å². The number of benzene rings is 5. The minimum Gasteiger partial charge on any atom is -0.497 e. The first kappa shape index (κ1) is 33.6. The van der Waals surface area contributed by atoms with Crippen LogP contribution in [0.1, 0.15) is 27.8 Å². The van der Waals surface area contributed by atoms with Gasteiger partial charge in [0.15, 0.2) is 0 Å². The summed E-state index contributed by atoms with van der Waals surface area (Å²) in [5.41, 5.74) is 4.48. The zero-order chi connectivity index (χ0) is 33.0. The molecule has 1 fully saturated rings. The first-order chi connectivity index (χ1) is 23.6. The maximum atomic E-state index is 12.7. The Morgan fingerprint density at radius 3 is 1.54 bits per heavy atom. The van der Waals surface area contributed by atoms with Gasteiger partial charge in [0, 0.05) is 5.56 Å². The van der Waals surface area contributed by atoms with Gasteiger partial charge in [-0.25, -0.2) is 0 Å². The highest BCUT2D eigenvalue weighted by Gasteiger charge is 2.57. The number of hydrogen-bond acceptors (Lipinski definition) is 7. The van der Waals surface area contributed by atoms with E-state index in [2.05, 4.69) is 0 Å². The molecule has 5 aromatic carbocycles. The molecule has 1 aliphatic rings. The Morgan fingerprint density at radius 1 is 0.542 bits per heavy atom. The smallest absolute Gasteiger partial charge is 0.222 e. The highest BCUT2D eigenvalue weighted by molar-refractivity contribution is 5.28. The van der Waals surface area contributed by atoms with Crippen molar-refractivity contribution < 1.29 is 33.5 Å². The van der Waals surface area contributed by atoms with Crippen molar-refractivity contribution in [3.05, 3.63) is 173 Å². The zero-order valence-corrected chi connectivity index (χ0v) is 27.1. The quantitative estimate of drug-likeness (QED) is 0.129. The second-order valence-corrected chi connectivity index (χ2v) is 11.8. The summed E-state index contributed by atoms with van der Waals surface area (Å²) in [5, 5.41) is 12.7. The van der Waals surface area contributed by atoms with Crippen molar-refractivity contribution >= 4 is 0 Å². The van der Waals surface area contributed by atoms with Crippen molar-refractivity contribution in [3.63, 3.8) is 0 Å². The van der Waals surface area contributed by atoms with E-state index in [0.717, 1.165) is 28.0 Å². The lowest BCUT2D eigenvalue weighted by Gasteiger charge is -2.50. The topological polar surface area (TPSA) is 75.6 Å². The Balaban J connectivity index is 1.36. The van der Waals surface area contributed by atoms with Crippen LogP contribution in [0, 0.1) is 0 Å². The zero-order valence-electron chi connectivity index (χ0n) is 27.1. The van der Waals surface area contributed by atoms with Gasteiger partial charge in [-0.1, -0.05) is 133 Å². The number of rotatable bonds is 15. The van der Waals surface area contributed by atoms with Gasteiger partial charge in [-0.05, 0) is 34.4 Å². The summed E-state index contributed by atoms with van der Waals surface area (Å²) in [6.07, 6.45) is -3.09. The van der Waals surface area contributed by atoms with Crippen LogP contribution in [-0.2, 0) is 55.9 Å². The maximum Gasteiger partial charge on any atom is 0.222 e. The highest BCUT2D eigenvalue weighted by atomic mass is 16.7. The lowest BCUT2D eigenvalue weighted by molar-refractivity contribution is -0.378. The van der Waals surface area contributed by atoms with Crippen LogP contribution < -0.4 is 4.74 Å². The molecule has 1 N–H and O–H groups in total. The molecule has 0 spiro atoms. The molecule has 5 aromatic rings. The standard InChI is InChI=1S/C41H42O7/c1-43-36-24-22-34(23-25-36)29-47-40-39(46-28-33-18-10-4-11-19-33)38(45-27-32-16-8-3-9-17-32)37(30-44-26-31-14-6-2-7-15-31)48-41(40,42)35-20-12-5-13-21-35/h2-25,37-40,42H,26-30H2,1H3/t37-,38-,39+,40-,41-/m1/s1. The molecule has 0 aromatic heterocycles. The summed E-state index contributed by atoms with van der Waals surface area (Å²) in [6, 6.07) is 46.8.